The van der Waals surface area contributed by atoms with Crippen LogP contribution in [-0.4, -0.2) is 60.0 Å². The van der Waals surface area contributed by atoms with E-state index in [2.05, 4.69) is 74.3 Å². The van der Waals surface area contributed by atoms with Gasteiger partial charge in [0.25, 0.3) is 0 Å². The number of hydrogen-bond donors (Lipinski definition) is 1. The van der Waals surface area contributed by atoms with Gasteiger partial charge in [0.2, 0.25) is 0 Å². The summed E-state index contributed by atoms with van der Waals surface area (Å²) in [6.45, 7) is 26.2. The number of aliphatic hydroxyl groups excluding tert-OH is 1. The highest BCUT2D eigenvalue weighted by atomic mass is 28.4. The van der Waals surface area contributed by atoms with Gasteiger partial charge in [0, 0.05) is 0 Å². The normalized spacial score (nSPS) is 30.6. The van der Waals surface area contributed by atoms with Crippen LogP contribution in [0.1, 0.15) is 48.0 Å². The van der Waals surface area contributed by atoms with Crippen molar-refractivity contribution in [1.29, 1.82) is 0 Å². The van der Waals surface area contributed by atoms with Crippen LogP contribution in [-0.2, 0) is 13.6 Å². The third-order valence-electron chi connectivity index (χ3n) is 6.92. The van der Waals surface area contributed by atoms with Crippen molar-refractivity contribution >= 4 is 24.5 Å². The fraction of sp³-hybridized carbons (Fsp3) is 0.900. The minimum Gasteiger partial charge on any atom is -0.409 e. The van der Waals surface area contributed by atoms with E-state index in [9.17, 15) is 5.11 Å². The van der Waals surface area contributed by atoms with E-state index in [1.54, 1.807) is 0 Å². The van der Waals surface area contributed by atoms with Gasteiger partial charge >= 0.3 is 0 Å². The summed E-state index contributed by atoms with van der Waals surface area (Å²) in [7, 11) is -2.07. The Labute approximate surface area is 170 Å². The average Bonchev–Trinajstić information content (AvgIpc) is 2.70. The second-order valence-electron chi connectivity index (χ2n) is 11.2. The molecule has 1 rings (SSSR count). The maximum absolute atomic E-state index is 10.3. The Morgan fingerprint density at radius 3 is 1.85 bits per heavy atom. The molecule has 0 amide bonds. The van der Waals surface area contributed by atoms with Gasteiger partial charge in [-0.05, 0) is 42.7 Å². The molecule has 4 atom stereocenters. The first-order valence-electron chi connectivity index (χ1n) is 10.2. The van der Waals surface area contributed by atoms with Crippen molar-refractivity contribution in [3.63, 3.8) is 0 Å². The quantitative estimate of drug-likeness (QED) is 0.504. The largest absolute Gasteiger partial charge is 0.409 e. The number of aliphatic hydroxyl groups is 1. The Morgan fingerprint density at radius 2 is 1.48 bits per heavy atom. The third-order valence-corrected chi connectivity index (χ3v) is 15.9. The van der Waals surface area contributed by atoms with E-state index in [1.807, 2.05) is 13.9 Å². The van der Waals surface area contributed by atoms with Crippen LogP contribution in [0.15, 0.2) is 12.7 Å². The topological polar surface area (TPSA) is 47.9 Å². The van der Waals surface area contributed by atoms with E-state index >= 15 is 0 Å². The zero-order valence-corrected chi connectivity index (χ0v) is 21.6. The highest BCUT2D eigenvalue weighted by Gasteiger charge is 2.58. The predicted molar refractivity (Wildman–Crippen MR) is 122 cm³/mol. The Hall–Kier alpha value is 0.0787. The monoisotopic (exact) mass is 414 g/mol. The minimum atomic E-state index is -2.09. The first-order chi connectivity index (χ1) is 11.9. The molecule has 1 N–H and O–H groups in total. The van der Waals surface area contributed by atoms with Crippen LogP contribution >= 0.6 is 0 Å². The molecular formula is C20H43BO4Si2. The third kappa shape index (κ3) is 5.17. The minimum absolute atomic E-state index is 0.0652. The van der Waals surface area contributed by atoms with Crippen LogP contribution in [0.2, 0.25) is 36.3 Å². The van der Waals surface area contributed by atoms with E-state index in [0.717, 1.165) is 0 Å². The first-order valence-corrected chi connectivity index (χ1v) is 16.0. The highest BCUT2D eigenvalue weighted by molar-refractivity contribution is 6.74. The van der Waals surface area contributed by atoms with Gasteiger partial charge in [-0.3, -0.25) is 0 Å². The molecule has 0 radical (unpaired) electrons. The standard InChI is InChI=1S/C20H43BO4Si2/c1-12-13-20(14-22)16(25-27(10,11)19(5,6)7)15(17(21)23-20)24-26(8,9)18(2,3)4/h12,15-17,22H,1,13-14,21H2,2-11H3/t15-,16+,17-,20-/m1/s1. The van der Waals surface area contributed by atoms with Crippen LogP contribution in [0.5, 0.6) is 0 Å². The smallest absolute Gasteiger partial charge is 0.192 e. The molecule has 4 nitrogen and oxygen atoms in total. The number of ether oxygens (including phenoxy) is 1. The van der Waals surface area contributed by atoms with Crippen LogP contribution in [0.25, 0.3) is 0 Å². The molecule has 1 fully saturated rings. The molecule has 1 aliphatic rings. The zero-order chi connectivity index (χ0) is 21.5. The van der Waals surface area contributed by atoms with Crippen molar-refractivity contribution < 1.29 is 18.7 Å². The summed E-state index contributed by atoms with van der Waals surface area (Å²) >= 11 is 0. The highest BCUT2D eigenvalue weighted by Crippen LogP contribution is 2.46. The number of rotatable bonds is 7. The Kier molecular flexibility index (Phi) is 7.51. The van der Waals surface area contributed by atoms with E-state index in [0.29, 0.717) is 6.42 Å². The molecule has 1 aliphatic heterocycles. The van der Waals surface area contributed by atoms with Crippen LogP contribution in [0.4, 0.5) is 0 Å². The van der Waals surface area contributed by atoms with Crippen LogP contribution in [0, 0.1) is 0 Å². The maximum atomic E-state index is 10.3. The van der Waals surface area contributed by atoms with E-state index in [1.165, 1.54) is 0 Å². The molecule has 1 saturated heterocycles. The maximum Gasteiger partial charge on any atom is 0.192 e. The van der Waals surface area contributed by atoms with Crippen molar-refractivity contribution in [2.75, 3.05) is 6.61 Å². The number of hydrogen-bond acceptors (Lipinski definition) is 4. The molecular weight excluding hydrogens is 371 g/mol. The van der Waals surface area contributed by atoms with Crippen molar-refractivity contribution in [2.45, 2.75) is 108 Å². The van der Waals surface area contributed by atoms with Gasteiger partial charge in [0.05, 0.1) is 18.7 Å². The molecule has 0 spiro atoms. The fourth-order valence-electron chi connectivity index (χ4n) is 2.99. The molecule has 27 heavy (non-hydrogen) atoms. The van der Waals surface area contributed by atoms with Crippen molar-refractivity contribution in [1.82, 2.24) is 0 Å². The lowest BCUT2D eigenvalue weighted by Crippen LogP contribution is -2.57. The molecule has 0 saturated carbocycles. The van der Waals surface area contributed by atoms with Gasteiger partial charge in [0.15, 0.2) is 16.6 Å². The van der Waals surface area contributed by atoms with Gasteiger partial charge in [-0.1, -0.05) is 47.6 Å². The van der Waals surface area contributed by atoms with Crippen molar-refractivity contribution in [2.24, 2.45) is 0 Å². The summed E-state index contributed by atoms with van der Waals surface area (Å²) in [5, 5.41) is 10.5. The summed E-state index contributed by atoms with van der Waals surface area (Å²) in [6, 6.07) is -0.138. The SMILES string of the molecule is B[C@@H]1O[C@@](CO)(CC=C)[C@@H](O[Si](C)(C)C(C)(C)C)[C@H]1O[Si](C)(C)C(C)(C)C. The fourth-order valence-corrected chi connectivity index (χ4v) is 5.68. The summed E-state index contributed by atoms with van der Waals surface area (Å²) in [6.07, 6.45) is 1.88. The first kappa shape index (κ1) is 25.1. The molecule has 0 bridgehead atoms. The summed E-state index contributed by atoms with van der Waals surface area (Å²) in [5.41, 5.74) is -0.788. The summed E-state index contributed by atoms with van der Waals surface area (Å²) in [4.78, 5) is 0. The molecule has 0 aliphatic carbocycles. The Bertz CT molecular complexity index is 525. The summed E-state index contributed by atoms with van der Waals surface area (Å²) < 4.78 is 20.0. The van der Waals surface area contributed by atoms with E-state index in [-0.39, 0.29) is 34.9 Å². The summed E-state index contributed by atoms with van der Waals surface area (Å²) in [5.74, 6) is 0. The van der Waals surface area contributed by atoms with Crippen molar-refractivity contribution in [3.8, 4) is 0 Å². The van der Waals surface area contributed by atoms with E-state index < -0.39 is 22.2 Å². The van der Waals surface area contributed by atoms with Gasteiger partial charge in [0.1, 0.15) is 19.6 Å². The lowest BCUT2D eigenvalue weighted by molar-refractivity contribution is -0.0926. The molecule has 0 aromatic heterocycles. The predicted octanol–water partition coefficient (Wildman–Crippen LogP) is 4.06. The second kappa shape index (κ2) is 8.07. The van der Waals surface area contributed by atoms with Crippen LogP contribution in [0.3, 0.4) is 0 Å². The second-order valence-corrected chi connectivity index (χ2v) is 20.7. The molecule has 7 heteroatoms. The van der Waals surface area contributed by atoms with Crippen LogP contribution < -0.4 is 0 Å². The molecule has 0 aromatic rings. The zero-order valence-electron chi connectivity index (χ0n) is 19.6. The molecule has 1 heterocycles. The molecule has 0 aromatic carbocycles. The van der Waals surface area contributed by atoms with Gasteiger partial charge in [-0.2, -0.15) is 0 Å². The lowest BCUT2D eigenvalue weighted by Gasteiger charge is -2.46. The average molecular weight is 415 g/mol. The molecule has 0 unspecified atom stereocenters. The molecule has 158 valence electrons. The Balaban J connectivity index is 3.36. The van der Waals surface area contributed by atoms with Gasteiger partial charge < -0.3 is 18.7 Å². The van der Waals surface area contributed by atoms with Crippen molar-refractivity contribution in [3.05, 3.63) is 12.7 Å². The Morgan fingerprint density at radius 1 is 1.04 bits per heavy atom. The lowest BCUT2D eigenvalue weighted by atomic mass is 9.88. The van der Waals surface area contributed by atoms with Gasteiger partial charge in [-0.15, -0.1) is 6.58 Å². The van der Waals surface area contributed by atoms with E-state index in [4.69, 9.17) is 13.6 Å². The van der Waals surface area contributed by atoms with Gasteiger partial charge in [-0.25, -0.2) is 0 Å².